The number of hydrogen-bond donors (Lipinski definition) is 1. The van der Waals surface area contributed by atoms with E-state index in [1.54, 1.807) is 7.11 Å². The highest BCUT2D eigenvalue weighted by atomic mass is 16.5. The fourth-order valence-electron chi connectivity index (χ4n) is 2.34. The Balaban J connectivity index is 1.85. The lowest BCUT2D eigenvalue weighted by molar-refractivity contribution is 0.0251. The van der Waals surface area contributed by atoms with Crippen molar-refractivity contribution >= 4 is 5.96 Å². The molecule has 0 spiro atoms. The van der Waals surface area contributed by atoms with Crippen LogP contribution >= 0.6 is 0 Å². The van der Waals surface area contributed by atoms with E-state index in [2.05, 4.69) is 9.89 Å². The van der Waals surface area contributed by atoms with Crippen LogP contribution in [0.1, 0.15) is 32.1 Å². The molecule has 2 N–H and O–H groups in total. The van der Waals surface area contributed by atoms with Crippen LogP contribution in [0.25, 0.3) is 0 Å². The maximum atomic E-state index is 5.98. The normalized spacial score (nSPS) is 24.0. The summed E-state index contributed by atoms with van der Waals surface area (Å²) in [5.41, 5.74) is 6.26. The number of aliphatic imine (C=N–C) groups is 1. The summed E-state index contributed by atoms with van der Waals surface area (Å²) in [5, 5.41) is 0. The second-order valence-electron chi connectivity index (χ2n) is 5.30. The van der Waals surface area contributed by atoms with Crippen molar-refractivity contribution in [1.82, 2.24) is 4.90 Å². The summed E-state index contributed by atoms with van der Waals surface area (Å²) >= 11 is 0. The summed E-state index contributed by atoms with van der Waals surface area (Å²) in [7, 11) is 3.81. The lowest BCUT2D eigenvalue weighted by Crippen LogP contribution is -2.40. The summed E-state index contributed by atoms with van der Waals surface area (Å²) in [6, 6.07) is 0.642. The van der Waals surface area contributed by atoms with E-state index < -0.39 is 0 Å². The lowest BCUT2D eigenvalue weighted by Gasteiger charge is -2.40. The standard InChI is InChI=1S/C12H23N3O/c1-15(10-4-5-10)11(13)14-8-12(9-16-2)6-3-7-12/h10H,3-9H2,1-2H3,(H2,13,14). The first-order chi connectivity index (χ1) is 7.67. The van der Waals surface area contributed by atoms with Gasteiger partial charge in [-0.2, -0.15) is 0 Å². The van der Waals surface area contributed by atoms with Gasteiger partial charge in [0.05, 0.1) is 13.2 Å². The third-order valence-corrected chi connectivity index (χ3v) is 3.90. The average molecular weight is 225 g/mol. The van der Waals surface area contributed by atoms with Crippen molar-refractivity contribution in [3.05, 3.63) is 0 Å². The summed E-state index contributed by atoms with van der Waals surface area (Å²) in [6.45, 7) is 1.64. The Hall–Kier alpha value is -0.770. The van der Waals surface area contributed by atoms with Crippen LogP contribution < -0.4 is 5.73 Å². The number of ether oxygens (including phenoxy) is 1. The molecule has 0 aromatic rings. The van der Waals surface area contributed by atoms with Gasteiger partial charge in [0.15, 0.2) is 5.96 Å². The third kappa shape index (κ3) is 2.48. The van der Waals surface area contributed by atoms with Gasteiger partial charge in [-0.15, -0.1) is 0 Å². The third-order valence-electron chi connectivity index (χ3n) is 3.90. The molecule has 2 aliphatic rings. The minimum atomic E-state index is 0.282. The molecule has 92 valence electrons. The number of nitrogens with two attached hydrogens (primary N) is 1. The van der Waals surface area contributed by atoms with E-state index in [4.69, 9.17) is 10.5 Å². The highest BCUT2D eigenvalue weighted by Gasteiger charge is 2.37. The highest BCUT2D eigenvalue weighted by molar-refractivity contribution is 5.78. The first-order valence-corrected chi connectivity index (χ1v) is 6.19. The zero-order valence-corrected chi connectivity index (χ0v) is 10.4. The van der Waals surface area contributed by atoms with E-state index in [0.717, 1.165) is 13.2 Å². The number of rotatable bonds is 5. The van der Waals surface area contributed by atoms with Crippen molar-refractivity contribution in [2.24, 2.45) is 16.1 Å². The summed E-state index contributed by atoms with van der Waals surface area (Å²) in [6.07, 6.45) is 6.28. The summed E-state index contributed by atoms with van der Waals surface area (Å²) < 4.78 is 5.28. The molecule has 2 fully saturated rings. The zero-order valence-electron chi connectivity index (χ0n) is 10.4. The van der Waals surface area contributed by atoms with Crippen LogP contribution in [0.15, 0.2) is 4.99 Å². The van der Waals surface area contributed by atoms with Gasteiger partial charge in [-0.1, -0.05) is 6.42 Å². The molecule has 0 bridgehead atoms. The first kappa shape index (κ1) is 11.7. The van der Waals surface area contributed by atoms with E-state index in [9.17, 15) is 0 Å². The van der Waals surface area contributed by atoms with Crippen LogP contribution in [0.5, 0.6) is 0 Å². The predicted octanol–water partition coefficient (Wildman–Crippen LogP) is 1.21. The van der Waals surface area contributed by atoms with Gasteiger partial charge in [-0.3, -0.25) is 4.99 Å². The fraction of sp³-hybridized carbons (Fsp3) is 0.917. The molecule has 0 aromatic heterocycles. The van der Waals surface area contributed by atoms with Crippen LogP contribution in [-0.4, -0.2) is 44.2 Å². The maximum absolute atomic E-state index is 5.98. The molecule has 2 rings (SSSR count). The molecular weight excluding hydrogens is 202 g/mol. The molecule has 0 aliphatic heterocycles. The van der Waals surface area contributed by atoms with Crippen LogP contribution in [0.3, 0.4) is 0 Å². The Bertz CT molecular complexity index is 269. The van der Waals surface area contributed by atoms with Gasteiger partial charge in [0.2, 0.25) is 0 Å². The molecule has 0 atom stereocenters. The second kappa shape index (κ2) is 4.62. The SMILES string of the molecule is COCC1(CN=C(N)N(C)C2CC2)CCC1. The fourth-order valence-corrected chi connectivity index (χ4v) is 2.34. The Labute approximate surface area is 97.9 Å². The van der Waals surface area contributed by atoms with Crippen molar-refractivity contribution < 1.29 is 4.74 Å². The minimum Gasteiger partial charge on any atom is -0.384 e. The van der Waals surface area contributed by atoms with Gasteiger partial charge in [0, 0.05) is 25.6 Å². The van der Waals surface area contributed by atoms with E-state index in [1.807, 2.05) is 7.05 Å². The number of nitrogens with zero attached hydrogens (tertiary/aromatic N) is 2. The molecule has 0 heterocycles. The van der Waals surface area contributed by atoms with E-state index in [0.29, 0.717) is 12.0 Å². The van der Waals surface area contributed by atoms with Gasteiger partial charge < -0.3 is 15.4 Å². The number of guanidine groups is 1. The second-order valence-corrected chi connectivity index (χ2v) is 5.30. The Kier molecular flexibility index (Phi) is 3.38. The molecule has 0 amide bonds. The van der Waals surface area contributed by atoms with Gasteiger partial charge >= 0.3 is 0 Å². The predicted molar refractivity (Wildman–Crippen MR) is 65.4 cm³/mol. The molecule has 2 saturated carbocycles. The highest BCUT2D eigenvalue weighted by Crippen LogP contribution is 2.41. The molecule has 0 radical (unpaired) electrons. The molecule has 4 heteroatoms. The lowest BCUT2D eigenvalue weighted by atomic mass is 9.69. The van der Waals surface area contributed by atoms with Crippen LogP contribution in [0.2, 0.25) is 0 Å². The van der Waals surface area contributed by atoms with Gasteiger partial charge in [-0.05, 0) is 25.7 Å². The smallest absolute Gasteiger partial charge is 0.191 e. The van der Waals surface area contributed by atoms with Crippen LogP contribution in [0, 0.1) is 5.41 Å². The Morgan fingerprint density at radius 3 is 2.62 bits per heavy atom. The maximum Gasteiger partial charge on any atom is 0.191 e. The van der Waals surface area contributed by atoms with Crippen molar-refractivity contribution in [3.63, 3.8) is 0 Å². The van der Waals surface area contributed by atoms with Gasteiger partial charge in [0.1, 0.15) is 0 Å². The molecule has 4 nitrogen and oxygen atoms in total. The molecular formula is C12H23N3O. The minimum absolute atomic E-state index is 0.282. The van der Waals surface area contributed by atoms with Crippen molar-refractivity contribution in [1.29, 1.82) is 0 Å². The van der Waals surface area contributed by atoms with Gasteiger partial charge in [-0.25, -0.2) is 0 Å². The first-order valence-electron chi connectivity index (χ1n) is 6.19. The van der Waals surface area contributed by atoms with Crippen molar-refractivity contribution in [2.45, 2.75) is 38.1 Å². The van der Waals surface area contributed by atoms with Crippen LogP contribution in [0.4, 0.5) is 0 Å². The quantitative estimate of drug-likeness (QED) is 0.565. The van der Waals surface area contributed by atoms with Crippen LogP contribution in [-0.2, 0) is 4.74 Å². The van der Waals surface area contributed by atoms with E-state index in [1.165, 1.54) is 32.1 Å². The Morgan fingerprint density at radius 1 is 1.50 bits per heavy atom. The van der Waals surface area contributed by atoms with E-state index in [-0.39, 0.29) is 5.41 Å². The zero-order chi connectivity index (χ0) is 11.6. The topological polar surface area (TPSA) is 50.9 Å². The average Bonchev–Trinajstić information content (AvgIpc) is 3.03. The monoisotopic (exact) mass is 225 g/mol. The van der Waals surface area contributed by atoms with Crippen molar-refractivity contribution in [2.75, 3.05) is 27.3 Å². The molecule has 0 unspecified atom stereocenters. The van der Waals surface area contributed by atoms with Gasteiger partial charge in [0.25, 0.3) is 0 Å². The van der Waals surface area contributed by atoms with E-state index >= 15 is 0 Å². The molecule has 16 heavy (non-hydrogen) atoms. The van der Waals surface area contributed by atoms with Crippen molar-refractivity contribution in [3.8, 4) is 0 Å². The largest absolute Gasteiger partial charge is 0.384 e. The number of methoxy groups -OCH3 is 1. The molecule has 2 aliphatic carbocycles. The summed E-state index contributed by atoms with van der Waals surface area (Å²) in [5.74, 6) is 0.699. The molecule has 0 aromatic carbocycles. The Morgan fingerprint density at radius 2 is 2.19 bits per heavy atom. The molecule has 0 saturated heterocycles. The number of hydrogen-bond acceptors (Lipinski definition) is 2. The summed E-state index contributed by atoms with van der Waals surface area (Å²) in [4.78, 5) is 6.65.